The maximum atomic E-state index is 12.9. The van der Waals surface area contributed by atoms with E-state index in [2.05, 4.69) is 6.58 Å². The number of sulfonamides is 1. The van der Waals surface area contributed by atoms with Crippen LogP contribution in [0.3, 0.4) is 0 Å². The molecule has 0 saturated heterocycles. The highest BCUT2D eigenvalue weighted by Crippen LogP contribution is 2.25. The van der Waals surface area contributed by atoms with Crippen LogP contribution < -0.4 is 0 Å². The molecule has 7 heteroatoms. The Morgan fingerprint density at radius 2 is 1.90 bits per heavy atom. The second-order valence-corrected chi connectivity index (χ2v) is 7.98. The van der Waals surface area contributed by atoms with Crippen LogP contribution in [-0.2, 0) is 16.6 Å². The zero-order valence-electron chi connectivity index (χ0n) is 11.0. The molecule has 0 radical (unpaired) electrons. The van der Waals surface area contributed by atoms with Crippen molar-refractivity contribution in [1.29, 1.82) is 0 Å². The Balaban J connectivity index is 2.31. The molecule has 0 aliphatic rings. The van der Waals surface area contributed by atoms with Gasteiger partial charge in [-0.1, -0.05) is 17.7 Å². The molecule has 0 N–H and O–H groups in total. The SMILES string of the molecule is C=CCN(Cc1ccc(Cl)s1)S(=O)(=O)c1ccc(F)cc1. The average molecular weight is 346 g/mol. The monoisotopic (exact) mass is 345 g/mol. The summed E-state index contributed by atoms with van der Waals surface area (Å²) in [5.74, 6) is -0.478. The average Bonchev–Trinajstić information content (AvgIpc) is 2.84. The lowest BCUT2D eigenvalue weighted by Crippen LogP contribution is -2.30. The molecule has 0 fully saturated rings. The molecule has 0 bridgehead atoms. The van der Waals surface area contributed by atoms with E-state index in [0.717, 1.165) is 17.0 Å². The van der Waals surface area contributed by atoms with Gasteiger partial charge in [-0.2, -0.15) is 4.31 Å². The van der Waals surface area contributed by atoms with E-state index in [1.54, 1.807) is 12.1 Å². The fourth-order valence-electron chi connectivity index (χ4n) is 1.76. The standard InChI is InChI=1S/C14H13ClFNO2S2/c1-2-9-17(10-12-5-8-14(15)20-12)21(18,19)13-6-3-11(16)4-7-13/h2-8H,1,9-10H2. The first kappa shape index (κ1) is 16.2. The summed E-state index contributed by atoms with van der Waals surface area (Å²) in [5, 5.41) is 0. The maximum absolute atomic E-state index is 12.9. The number of nitrogens with zero attached hydrogens (tertiary/aromatic N) is 1. The Morgan fingerprint density at radius 1 is 1.24 bits per heavy atom. The topological polar surface area (TPSA) is 37.4 Å². The molecule has 2 rings (SSSR count). The molecular weight excluding hydrogens is 333 g/mol. The first-order valence-electron chi connectivity index (χ1n) is 6.04. The van der Waals surface area contributed by atoms with E-state index in [4.69, 9.17) is 11.6 Å². The van der Waals surface area contributed by atoms with Gasteiger partial charge in [-0.05, 0) is 36.4 Å². The first-order chi connectivity index (χ1) is 9.93. The highest BCUT2D eigenvalue weighted by molar-refractivity contribution is 7.89. The van der Waals surface area contributed by atoms with Crippen molar-refractivity contribution in [2.45, 2.75) is 11.4 Å². The lowest BCUT2D eigenvalue weighted by Gasteiger charge is -2.20. The van der Waals surface area contributed by atoms with Crippen LogP contribution in [0.15, 0.2) is 53.9 Å². The van der Waals surface area contributed by atoms with Crippen LogP contribution in [0.1, 0.15) is 4.88 Å². The molecule has 1 aromatic heterocycles. The maximum Gasteiger partial charge on any atom is 0.243 e. The summed E-state index contributed by atoms with van der Waals surface area (Å²) in [4.78, 5) is 0.876. The Labute approximate surface area is 132 Å². The van der Waals surface area contributed by atoms with E-state index in [1.165, 1.54) is 33.9 Å². The third kappa shape index (κ3) is 3.91. The van der Waals surface area contributed by atoms with Crippen LogP contribution in [0.2, 0.25) is 4.34 Å². The van der Waals surface area contributed by atoms with Crippen molar-refractivity contribution in [3.05, 3.63) is 64.1 Å². The Kier molecular flexibility index (Phi) is 5.16. The summed E-state index contributed by atoms with van der Waals surface area (Å²) in [6, 6.07) is 8.26. The highest BCUT2D eigenvalue weighted by Gasteiger charge is 2.24. The van der Waals surface area contributed by atoms with E-state index < -0.39 is 15.8 Å². The van der Waals surface area contributed by atoms with Crippen molar-refractivity contribution in [2.24, 2.45) is 0 Å². The van der Waals surface area contributed by atoms with Crippen molar-refractivity contribution >= 4 is 33.0 Å². The number of thiophene rings is 1. The number of halogens is 2. The van der Waals surface area contributed by atoms with Crippen LogP contribution in [0.25, 0.3) is 0 Å². The van der Waals surface area contributed by atoms with Crippen molar-refractivity contribution in [1.82, 2.24) is 4.31 Å². The zero-order chi connectivity index (χ0) is 15.5. The minimum absolute atomic E-state index is 0.0494. The molecule has 0 aliphatic carbocycles. The van der Waals surface area contributed by atoms with E-state index in [0.29, 0.717) is 4.34 Å². The predicted octanol–water partition coefficient (Wildman–Crippen LogP) is 3.92. The molecule has 0 unspecified atom stereocenters. The molecule has 0 spiro atoms. The second kappa shape index (κ2) is 6.70. The summed E-state index contributed by atoms with van der Waals surface area (Å²) >= 11 is 7.18. The molecule has 1 heterocycles. The highest BCUT2D eigenvalue weighted by atomic mass is 35.5. The Bertz CT molecular complexity index is 726. The lowest BCUT2D eigenvalue weighted by molar-refractivity contribution is 0.441. The molecule has 0 aliphatic heterocycles. The molecule has 0 saturated carbocycles. The van der Waals surface area contributed by atoms with Crippen molar-refractivity contribution in [3.63, 3.8) is 0 Å². The fraction of sp³-hybridized carbons (Fsp3) is 0.143. The quantitative estimate of drug-likeness (QED) is 0.744. The molecule has 0 amide bonds. The molecule has 112 valence electrons. The summed E-state index contributed by atoms with van der Waals surface area (Å²) < 4.78 is 40.0. The van der Waals surface area contributed by atoms with Crippen LogP contribution >= 0.6 is 22.9 Å². The van der Waals surface area contributed by atoms with Crippen molar-refractivity contribution in [2.75, 3.05) is 6.54 Å². The summed E-state index contributed by atoms with van der Waals surface area (Å²) in [6.07, 6.45) is 1.51. The van der Waals surface area contributed by atoms with Gasteiger partial charge in [0, 0.05) is 18.0 Å². The summed E-state index contributed by atoms with van der Waals surface area (Å²) in [6.45, 7) is 3.94. The number of hydrogen-bond acceptors (Lipinski definition) is 3. The van der Waals surface area contributed by atoms with E-state index in [1.807, 2.05) is 0 Å². The minimum Gasteiger partial charge on any atom is -0.207 e. The Morgan fingerprint density at radius 3 is 2.43 bits per heavy atom. The van der Waals surface area contributed by atoms with Gasteiger partial charge in [-0.25, -0.2) is 12.8 Å². The van der Waals surface area contributed by atoms with Gasteiger partial charge >= 0.3 is 0 Å². The lowest BCUT2D eigenvalue weighted by atomic mass is 10.4. The van der Waals surface area contributed by atoms with Crippen LogP contribution in [0.5, 0.6) is 0 Å². The number of hydrogen-bond donors (Lipinski definition) is 0. The molecule has 3 nitrogen and oxygen atoms in total. The number of benzene rings is 1. The first-order valence-corrected chi connectivity index (χ1v) is 8.68. The van der Waals surface area contributed by atoms with Crippen molar-refractivity contribution < 1.29 is 12.8 Å². The van der Waals surface area contributed by atoms with Crippen LogP contribution in [0, 0.1) is 5.82 Å². The van der Waals surface area contributed by atoms with Crippen LogP contribution in [-0.4, -0.2) is 19.3 Å². The van der Waals surface area contributed by atoms with E-state index >= 15 is 0 Å². The van der Waals surface area contributed by atoms with E-state index in [-0.39, 0.29) is 18.0 Å². The normalized spacial score (nSPS) is 11.8. The van der Waals surface area contributed by atoms with Gasteiger partial charge in [0.05, 0.1) is 9.23 Å². The Hall–Kier alpha value is -1.21. The third-order valence-electron chi connectivity index (χ3n) is 2.75. The van der Waals surface area contributed by atoms with Gasteiger partial charge in [0.15, 0.2) is 0 Å². The molecule has 0 atom stereocenters. The van der Waals surface area contributed by atoms with Gasteiger partial charge in [-0.3, -0.25) is 0 Å². The van der Waals surface area contributed by atoms with Gasteiger partial charge in [0.25, 0.3) is 0 Å². The van der Waals surface area contributed by atoms with Gasteiger partial charge in [0.2, 0.25) is 10.0 Å². The van der Waals surface area contributed by atoms with Gasteiger partial charge in [-0.15, -0.1) is 17.9 Å². The van der Waals surface area contributed by atoms with Gasteiger partial charge < -0.3 is 0 Å². The summed E-state index contributed by atoms with van der Waals surface area (Å²) in [7, 11) is -3.71. The van der Waals surface area contributed by atoms with Crippen molar-refractivity contribution in [3.8, 4) is 0 Å². The molecule has 2 aromatic rings. The smallest absolute Gasteiger partial charge is 0.207 e. The largest absolute Gasteiger partial charge is 0.243 e. The number of rotatable bonds is 6. The third-order valence-corrected chi connectivity index (χ3v) is 5.79. The predicted molar refractivity (Wildman–Crippen MR) is 83.5 cm³/mol. The van der Waals surface area contributed by atoms with Gasteiger partial charge in [0.1, 0.15) is 5.82 Å². The molecular formula is C14H13ClFNO2S2. The van der Waals surface area contributed by atoms with E-state index in [9.17, 15) is 12.8 Å². The zero-order valence-corrected chi connectivity index (χ0v) is 13.4. The summed E-state index contributed by atoms with van der Waals surface area (Å²) in [5.41, 5.74) is 0. The second-order valence-electron chi connectivity index (χ2n) is 4.25. The van der Waals surface area contributed by atoms with Crippen LogP contribution in [0.4, 0.5) is 4.39 Å². The minimum atomic E-state index is -3.71. The fourth-order valence-corrected chi connectivity index (χ4v) is 4.33. The molecule has 21 heavy (non-hydrogen) atoms. The molecule has 1 aromatic carbocycles.